The summed E-state index contributed by atoms with van der Waals surface area (Å²) in [5.41, 5.74) is 0. The van der Waals surface area contributed by atoms with Gasteiger partial charge < -0.3 is 10.1 Å². The minimum Gasteiger partial charge on any atom is -0.361 e. The third kappa shape index (κ3) is 2.64. The Morgan fingerprint density at radius 1 is 1.80 bits per heavy atom. The summed E-state index contributed by atoms with van der Waals surface area (Å²) in [7, 11) is 0. The maximum Gasteiger partial charge on any atom is 0.121 e. The minimum atomic E-state index is 0.189. The second-order valence-electron chi connectivity index (χ2n) is 2.34. The molecule has 0 aromatic rings. The molecule has 10 heavy (non-hydrogen) atoms. The Labute approximate surface area is 62.1 Å². The van der Waals surface area contributed by atoms with E-state index in [1.165, 1.54) is 0 Å². The second kappa shape index (κ2) is 4.66. The van der Waals surface area contributed by atoms with E-state index in [0.29, 0.717) is 0 Å². The Morgan fingerprint density at radius 2 is 2.70 bits per heavy atom. The first-order valence-electron chi connectivity index (χ1n) is 3.83. The molecule has 1 rings (SSSR count). The lowest BCUT2D eigenvalue weighted by Gasteiger charge is -2.23. The van der Waals surface area contributed by atoms with Crippen molar-refractivity contribution in [3.05, 3.63) is 6.54 Å². The zero-order chi connectivity index (χ0) is 7.23. The van der Waals surface area contributed by atoms with Gasteiger partial charge in [-0.25, -0.2) is 0 Å². The van der Waals surface area contributed by atoms with Crippen LogP contribution in [0.3, 0.4) is 0 Å². The average molecular weight is 143 g/mol. The molecule has 1 unspecified atom stereocenters. The van der Waals surface area contributed by atoms with Crippen molar-refractivity contribution in [2.45, 2.75) is 19.6 Å². The van der Waals surface area contributed by atoms with Gasteiger partial charge in [-0.15, -0.1) is 0 Å². The standard InChI is InChI=1S/C7H15N2O/c1-2-3-9-7-6-8-4-5-10-7/h3,7-9H,2,4-6H2,1H3. The predicted octanol–water partition coefficient (Wildman–Crippen LogP) is 0.0937. The predicted molar refractivity (Wildman–Crippen MR) is 40.3 cm³/mol. The third-order valence-electron chi connectivity index (χ3n) is 1.44. The van der Waals surface area contributed by atoms with E-state index in [-0.39, 0.29) is 6.23 Å². The van der Waals surface area contributed by atoms with Gasteiger partial charge >= 0.3 is 0 Å². The maximum absolute atomic E-state index is 5.38. The molecule has 0 spiro atoms. The highest BCUT2D eigenvalue weighted by Crippen LogP contribution is 1.92. The molecule has 0 amide bonds. The number of hydrogen-bond acceptors (Lipinski definition) is 3. The van der Waals surface area contributed by atoms with Gasteiger partial charge in [-0.2, -0.15) is 0 Å². The van der Waals surface area contributed by atoms with Crippen molar-refractivity contribution in [3.63, 3.8) is 0 Å². The van der Waals surface area contributed by atoms with Crippen LogP contribution in [0.1, 0.15) is 13.3 Å². The normalized spacial score (nSPS) is 26.7. The summed E-state index contributed by atoms with van der Waals surface area (Å²) in [5.74, 6) is 0. The molecule has 0 bridgehead atoms. The molecular formula is C7H15N2O. The van der Waals surface area contributed by atoms with Crippen LogP contribution in [0.25, 0.3) is 0 Å². The first-order chi connectivity index (χ1) is 4.93. The van der Waals surface area contributed by atoms with Gasteiger partial charge in [0.15, 0.2) is 0 Å². The van der Waals surface area contributed by atoms with Crippen LogP contribution in [0.15, 0.2) is 0 Å². The van der Waals surface area contributed by atoms with Crippen LogP contribution in [0.5, 0.6) is 0 Å². The summed E-state index contributed by atoms with van der Waals surface area (Å²) in [4.78, 5) is 0. The molecule has 59 valence electrons. The van der Waals surface area contributed by atoms with Crippen LogP contribution in [0.4, 0.5) is 0 Å². The van der Waals surface area contributed by atoms with Gasteiger partial charge in [0.25, 0.3) is 0 Å². The van der Waals surface area contributed by atoms with Gasteiger partial charge in [-0.1, -0.05) is 6.92 Å². The van der Waals surface area contributed by atoms with Crippen LogP contribution in [-0.2, 0) is 4.74 Å². The lowest BCUT2D eigenvalue weighted by atomic mass is 10.4. The topological polar surface area (TPSA) is 33.3 Å². The molecule has 2 N–H and O–H groups in total. The highest BCUT2D eigenvalue weighted by molar-refractivity contribution is 4.69. The fraction of sp³-hybridized carbons (Fsp3) is 0.857. The zero-order valence-electron chi connectivity index (χ0n) is 6.39. The first kappa shape index (κ1) is 7.98. The van der Waals surface area contributed by atoms with Gasteiger partial charge in [0.2, 0.25) is 0 Å². The molecule has 1 aliphatic heterocycles. The van der Waals surface area contributed by atoms with Gasteiger partial charge in [0.05, 0.1) is 6.61 Å². The van der Waals surface area contributed by atoms with E-state index in [4.69, 9.17) is 4.74 Å². The smallest absolute Gasteiger partial charge is 0.121 e. The SMILES string of the molecule is CC[CH]NC1CNCCO1. The molecule has 1 aliphatic rings. The van der Waals surface area contributed by atoms with Crippen LogP contribution >= 0.6 is 0 Å². The summed E-state index contributed by atoms with van der Waals surface area (Å²) in [5, 5.41) is 6.40. The highest BCUT2D eigenvalue weighted by atomic mass is 16.5. The van der Waals surface area contributed by atoms with E-state index in [1.54, 1.807) is 0 Å². The summed E-state index contributed by atoms with van der Waals surface area (Å²) in [6, 6.07) is 0. The van der Waals surface area contributed by atoms with Crippen molar-refractivity contribution in [3.8, 4) is 0 Å². The lowest BCUT2D eigenvalue weighted by Crippen LogP contribution is -2.45. The van der Waals surface area contributed by atoms with Crippen molar-refractivity contribution in [2.24, 2.45) is 0 Å². The van der Waals surface area contributed by atoms with Gasteiger partial charge in [0.1, 0.15) is 6.23 Å². The molecule has 1 fully saturated rings. The quantitative estimate of drug-likeness (QED) is 0.587. The molecule has 1 saturated heterocycles. The Balaban J connectivity index is 2.02. The highest BCUT2D eigenvalue weighted by Gasteiger charge is 2.10. The van der Waals surface area contributed by atoms with E-state index in [0.717, 1.165) is 26.1 Å². The summed E-state index contributed by atoms with van der Waals surface area (Å²) < 4.78 is 5.38. The van der Waals surface area contributed by atoms with Crippen molar-refractivity contribution < 1.29 is 4.74 Å². The zero-order valence-corrected chi connectivity index (χ0v) is 6.39. The van der Waals surface area contributed by atoms with Crippen LogP contribution < -0.4 is 10.6 Å². The minimum absolute atomic E-state index is 0.189. The summed E-state index contributed by atoms with van der Waals surface area (Å²) in [6.45, 7) is 6.83. The average Bonchev–Trinajstić information content (AvgIpc) is 2.03. The van der Waals surface area contributed by atoms with E-state index in [9.17, 15) is 0 Å². The molecule has 0 aromatic heterocycles. The van der Waals surface area contributed by atoms with Crippen LogP contribution in [0.2, 0.25) is 0 Å². The van der Waals surface area contributed by atoms with Crippen LogP contribution in [-0.4, -0.2) is 25.9 Å². The van der Waals surface area contributed by atoms with Gasteiger partial charge in [-0.3, -0.25) is 5.32 Å². The molecular weight excluding hydrogens is 128 g/mol. The molecule has 1 atom stereocenters. The number of ether oxygens (including phenoxy) is 1. The Bertz CT molecular complexity index is 81.7. The van der Waals surface area contributed by atoms with Gasteiger partial charge in [0, 0.05) is 19.6 Å². The van der Waals surface area contributed by atoms with E-state index >= 15 is 0 Å². The number of rotatable bonds is 3. The van der Waals surface area contributed by atoms with Crippen molar-refractivity contribution in [2.75, 3.05) is 19.7 Å². The van der Waals surface area contributed by atoms with E-state index < -0.39 is 0 Å². The van der Waals surface area contributed by atoms with Crippen molar-refractivity contribution in [1.29, 1.82) is 0 Å². The molecule has 0 saturated carbocycles. The molecule has 1 radical (unpaired) electrons. The van der Waals surface area contributed by atoms with Gasteiger partial charge in [-0.05, 0) is 6.42 Å². The Hall–Kier alpha value is -0.120. The Morgan fingerprint density at radius 3 is 3.30 bits per heavy atom. The summed E-state index contributed by atoms with van der Waals surface area (Å²) >= 11 is 0. The number of hydrogen-bond donors (Lipinski definition) is 2. The molecule has 3 nitrogen and oxygen atoms in total. The third-order valence-corrected chi connectivity index (χ3v) is 1.44. The fourth-order valence-corrected chi connectivity index (χ4v) is 0.922. The molecule has 1 heterocycles. The number of morpholine rings is 1. The second-order valence-corrected chi connectivity index (χ2v) is 2.34. The molecule has 3 heteroatoms. The van der Waals surface area contributed by atoms with Crippen molar-refractivity contribution >= 4 is 0 Å². The number of nitrogens with one attached hydrogen (secondary N) is 2. The molecule has 0 aromatic carbocycles. The molecule has 0 aliphatic carbocycles. The Kier molecular flexibility index (Phi) is 3.72. The fourth-order valence-electron chi connectivity index (χ4n) is 0.922. The van der Waals surface area contributed by atoms with Crippen LogP contribution in [0, 0.1) is 6.54 Å². The monoisotopic (exact) mass is 143 g/mol. The maximum atomic E-state index is 5.38. The van der Waals surface area contributed by atoms with Crippen molar-refractivity contribution in [1.82, 2.24) is 10.6 Å². The summed E-state index contributed by atoms with van der Waals surface area (Å²) in [6.07, 6.45) is 1.23. The van der Waals surface area contributed by atoms with E-state index in [2.05, 4.69) is 17.6 Å². The lowest BCUT2D eigenvalue weighted by molar-refractivity contribution is 0.0121. The van der Waals surface area contributed by atoms with E-state index in [1.807, 2.05) is 6.54 Å². The largest absolute Gasteiger partial charge is 0.361 e. The first-order valence-corrected chi connectivity index (χ1v) is 3.83.